The maximum Gasteiger partial charge on any atom is 0.308 e. The molecule has 13 heavy (non-hydrogen) atoms. The number of aliphatic hydroxyl groups excluding tert-OH is 1. The predicted molar refractivity (Wildman–Crippen MR) is 48.5 cm³/mol. The highest BCUT2D eigenvalue weighted by Gasteiger charge is 2.39. The molecule has 1 aliphatic rings. The van der Waals surface area contributed by atoms with Gasteiger partial charge >= 0.3 is 5.97 Å². The molecule has 0 spiro atoms. The molecule has 0 amide bonds. The maximum atomic E-state index is 10.7. The van der Waals surface area contributed by atoms with Gasteiger partial charge in [0.05, 0.1) is 12.0 Å². The average molecular weight is 187 g/mol. The quantitative estimate of drug-likeness (QED) is 0.658. The summed E-state index contributed by atoms with van der Waals surface area (Å²) in [4.78, 5) is 12.6. The molecule has 0 radical (unpaired) electrons. The first-order valence-corrected chi connectivity index (χ1v) is 4.63. The van der Waals surface area contributed by atoms with E-state index in [4.69, 9.17) is 10.2 Å². The van der Waals surface area contributed by atoms with Crippen molar-refractivity contribution >= 4 is 5.97 Å². The van der Waals surface area contributed by atoms with E-state index in [1.54, 1.807) is 6.92 Å². The van der Waals surface area contributed by atoms with E-state index in [0.717, 1.165) is 12.8 Å². The summed E-state index contributed by atoms with van der Waals surface area (Å²) >= 11 is 0. The molecule has 0 aliphatic heterocycles. The average Bonchev–Trinajstić information content (AvgIpc) is 1.79. The smallest absolute Gasteiger partial charge is 0.308 e. The van der Waals surface area contributed by atoms with Crippen molar-refractivity contribution < 1.29 is 15.0 Å². The first-order valence-electron chi connectivity index (χ1n) is 4.63. The second-order valence-corrected chi connectivity index (χ2v) is 3.88. The van der Waals surface area contributed by atoms with Gasteiger partial charge < -0.3 is 15.1 Å². The van der Waals surface area contributed by atoms with Crippen molar-refractivity contribution in [1.29, 1.82) is 0 Å². The summed E-state index contributed by atoms with van der Waals surface area (Å²) in [6, 6.07) is 0.118. The number of hydrogen-bond acceptors (Lipinski definition) is 3. The highest BCUT2D eigenvalue weighted by molar-refractivity contribution is 5.72. The van der Waals surface area contributed by atoms with Crippen LogP contribution < -0.4 is 0 Å². The van der Waals surface area contributed by atoms with Crippen LogP contribution >= 0.6 is 0 Å². The molecule has 1 fully saturated rings. The van der Waals surface area contributed by atoms with E-state index in [9.17, 15) is 4.79 Å². The Bertz CT molecular complexity index is 193. The van der Waals surface area contributed by atoms with Crippen LogP contribution in [0.15, 0.2) is 0 Å². The SMILES string of the molecule is CC(O)CN(C)C1CCC1C(=O)O. The molecule has 0 aromatic rings. The summed E-state index contributed by atoms with van der Waals surface area (Å²) in [6.07, 6.45) is 1.31. The number of hydrogen-bond donors (Lipinski definition) is 2. The Hall–Kier alpha value is -0.610. The monoisotopic (exact) mass is 187 g/mol. The van der Waals surface area contributed by atoms with Gasteiger partial charge in [-0.1, -0.05) is 0 Å². The molecule has 1 aliphatic carbocycles. The lowest BCUT2D eigenvalue weighted by molar-refractivity contribution is -0.148. The minimum Gasteiger partial charge on any atom is -0.481 e. The van der Waals surface area contributed by atoms with E-state index in [1.165, 1.54) is 0 Å². The second kappa shape index (κ2) is 4.07. The van der Waals surface area contributed by atoms with Gasteiger partial charge in [0.25, 0.3) is 0 Å². The highest BCUT2D eigenvalue weighted by Crippen LogP contribution is 2.31. The summed E-state index contributed by atoms with van der Waals surface area (Å²) in [7, 11) is 1.87. The maximum absolute atomic E-state index is 10.7. The van der Waals surface area contributed by atoms with Gasteiger partial charge in [0.1, 0.15) is 0 Å². The molecule has 4 nitrogen and oxygen atoms in total. The molecule has 0 aromatic carbocycles. The Balaban J connectivity index is 2.39. The molecule has 0 heterocycles. The van der Waals surface area contributed by atoms with Crippen molar-refractivity contribution in [2.45, 2.75) is 31.9 Å². The molecule has 3 atom stereocenters. The van der Waals surface area contributed by atoms with Gasteiger partial charge in [-0.15, -0.1) is 0 Å². The summed E-state index contributed by atoms with van der Waals surface area (Å²) < 4.78 is 0. The fraction of sp³-hybridized carbons (Fsp3) is 0.889. The predicted octanol–water partition coefficient (Wildman–Crippen LogP) is 0.162. The third-order valence-corrected chi connectivity index (χ3v) is 2.67. The summed E-state index contributed by atoms with van der Waals surface area (Å²) in [5.41, 5.74) is 0. The van der Waals surface area contributed by atoms with Gasteiger partial charge in [0.15, 0.2) is 0 Å². The van der Waals surface area contributed by atoms with Crippen LogP contribution in [0.4, 0.5) is 0 Å². The number of carboxylic acids is 1. The van der Waals surface area contributed by atoms with Crippen LogP contribution in [-0.2, 0) is 4.79 Å². The Kier molecular flexibility index (Phi) is 3.27. The van der Waals surface area contributed by atoms with Crippen molar-refractivity contribution in [3.8, 4) is 0 Å². The first kappa shape index (κ1) is 10.5. The van der Waals surface area contributed by atoms with Gasteiger partial charge in [0, 0.05) is 12.6 Å². The zero-order chi connectivity index (χ0) is 10.0. The molecular formula is C9H17NO3. The Morgan fingerprint density at radius 1 is 1.62 bits per heavy atom. The van der Waals surface area contributed by atoms with Crippen LogP contribution in [0.5, 0.6) is 0 Å². The Morgan fingerprint density at radius 3 is 2.54 bits per heavy atom. The van der Waals surface area contributed by atoms with Gasteiger partial charge in [-0.2, -0.15) is 0 Å². The lowest BCUT2D eigenvalue weighted by Gasteiger charge is -2.40. The molecule has 1 saturated carbocycles. The van der Waals surface area contributed by atoms with Crippen molar-refractivity contribution in [3.63, 3.8) is 0 Å². The molecule has 1 rings (SSSR count). The molecule has 3 unspecified atom stereocenters. The first-order chi connectivity index (χ1) is 6.02. The minimum absolute atomic E-state index is 0.118. The largest absolute Gasteiger partial charge is 0.481 e. The lowest BCUT2D eigenvalue weighted by Crippen LogP contribution is -2.50. The minimum atomic E-state index is -0.714. The molecular weight excluding hydrogens is 170 g/mol. The van der Waals surface area contributed by atoms with Crippen LogP contribution in [0.2, 0.25) is 0 Å². The van der Waals surface area contributed by atoms with Crippen LogP contribution in [0, 0.1) is 5.92 Å². The summed E-state index contributed by atoms with van der Waals surface area (Å²) in [6.45, 7) is 2.26. The number of likely N-dealkylation sites (N-methyl/N-ethyl adjacent to an activating group) is 1. The zero-order valence-corrected chi connectivity index (χ0v) is 8.10. The second-order valence-electron chi connectivity index (χ2n) is 3.88. The Morgan fingerprint density at radius 2 is 2.23 bits per heavy atom. The Labute approximate surface area is 78.2 Å². The highest BCUT2D eigenvalue weighted by atomic mass is 16.4. The van der Waals surface area contributed by atoms with Crippen LogP contribution in [0.1, 0.15) is 19.8 Å². The fourth-order valence-corrected chi connectivity index (χ4v) is 1.85. The van der Waals surface area contributed by atoms with Crippen LogP contribution in [0.3, 0.4) is 0 Å². The summed E-state index contributed by atoms with van der Waals surface area (Å²) in [5, 5.41) is 17.9. The third kappa shape index (κ3) is 2.42. The standard InChI is InChI=1S/C9H17NO3/c1-6(11)5-10(2)8-4-3-7(8)9(12)13/h6-8,11H,3-5H2,1-2H3,(H,12,13). The van der Waals surface area contributed by atoms with Crippen LogP contribution in [0.25, 0.3) is 0 Å². The van der Waals surface area contributed by atoms with Gasteiger partial charge in [-0.25, -0.2) is 0 Å². The van der Waals surface area contributed by atoms with Crippen molar-refractivity contribution in [3.05, 3.63) is 0 Å². The van der Waals surface area contributed by atoms with E-state index in [-0.39, 0.29) is 18.1 Å². The molecule has 0 bridgehead atoms. The summed E-state index contributed by atoms with van der Waals surface area (Å²) in [5.74, 6) is -0.947. The van der Waals surface area contributed by atoms with Crippen LogP contribution in [-0.4, -0.2) is 46.8 Å². The number of carboxylic acid groups (broad SMARTS) is 1. The molecule has 0 aromatic heterocycles. The molecule has 4 heteroatoms. The number of aliphatic hydroxyl groups is 1. The zero-order valence-electron chi connectivity index (χ0n) is 8.10. The normalized spacial score (nSPS) is 29.8. The number of aliphatic carboxylic acids is 1. The van der Waals surface area contributed by atoms with Gasteiger partial charge in [-0.05, 0) is 26.8 Å². The van der Waals surface area contributed by atoms with E-state index in [1.807, 2.05) is 11.9 Å². The molecule has 2 N–H and O–H groups in total. The third-order valence-electron chi connectivity index (χ3n) is 2.67. The van der Waals surface area contributed by atoms with Crippen molar-refractivity contribution in [2.75, 3.05) is 13.6 Å². The molecule has 76 valence electrons. The van der Waals surface area contributed by atoms with Crippen molar-refractivity contribution in [1.82, 2.24) is 4.90 Å². The number of carbonyl (C=O) groups is 1. The van der Waals surface area contributed by atoms with E-state index in [2.05, 4.69) is 0 Å². The topological polar surface area (TPSA) is 60.8 Å². The van der Waals surface area contributed by atoms with E-state index in [0.29, 0.717) is 6.54 Å². The van der Waals surface area contributed by atoms with E-state index < -0.39 is 5.97 Å². The lowest BCUT2D eigenvalue weighted by atomic mass is 9.78. The van der Waals surface area contributed by atoms with Gasteiger partial charge in [0.2, 0.25) is 0 Å². The van der Waals surface area contributed by atoms with E-state index >= 15 is 0 Å². The number of rotatable bonds is 4. The van der Waals surface area contributed by atoms with Crippen molar-refractivity contribution in [2.24, 2.45) is 5.92 Å². The molecule has 0 saturated heterocycles. The number of nitrogens with zero attached hydrogens (tertiary/aromatic N) is 1. The fourth-order valence-electron chi connectivity index (χ4n) is 1.85. The van der Waals surface area contributed by atoms with Gasteiger partial charge in [-0.3, -0.25) is 4.79 Å².